The molecule has 0 unspecified atom stereocenters. The largest absolute Gasteiger partial charge is 0.497 e. The monoisotopic (exact) mass is 446 g/mol. The van der Waals surface area contributed by atoms with Crippen LogP contribution in [0, 0.1) is 13.8 Å². The van der Waals surface area contributed by atoms with Crippen LogP contribution in [0.15, 0.2) is 77.3 Å². The first-order valence-electron chi connectivity index (χ1n) is 9.58. The van der Waals surface area contributed by atoms with Gasteiger partial charge in [0.2, 0.25) is 0 Å². The van der Waals surface area contributed by atoms with Gasteiger partial charge in [-0.3, -0.25) is 4.68 Å². The fraction of sp³-hybridized carbons (Fsp3) is 0.160. The molecule has 0 fully saturated rings. The molecule has 4 heteroatoms. The van der Waals surface area contributed by atoms with Gasteiger partial charge in [-0.2, -0.15) is 5.10 Å². The van der Waals surface area contributed by atoms with Crippen LogP contribution in [0.25, 0.3) is 22.5 Å². The number of methoxy groups -OCH3 is 1. The fourth-order valence-electron chi connectivity index (χ4n) is 3.34. The van der Waals surface area contributed by atoms with Crippen LogP contribution in [-0.4, -0.2) is 16.9 Å². The van der Waals surface area contributed by atoms with Crippen LogP contribution in [0.1, 0.15) is 16.7 Å². The van der Waals surface area contributed by atoms with Crippen LogP contribution in [0.4, 0.5) is 0 Å². The van der Waals surface area contributed by atoms with Crippen molar-refractivity contribution in [2.24, 2.45) is 0 Å². The lowest BCUT2D eigenvalue weighted by atomic mass is 10.1. The number of ether oxygens (including phenoxy) is 1. The van der Waals surface area contributed by atoms with Gasteiger partial charge in [0.25, 0.3) is 0 Å². The summed E-state index contributed by atoms with van der Waals surface area (Å²) in [6.07, 6.45) is 0. The Bertz CT molecular complexity index is 1110. The molecule has 0 N–H and O–H groups in total. The van der Waals surface area contributed by atoms with E-state index >= 15 is 0 Å². The molecule has 0 amide bonds. The Morgan fingerprint density at radius 1 is 0.793 bits per heavy atom. The van der Waals surface area contributed by atoms with Crippen LogP contribution in [0.5, 0.6) is 5.75 Å². The summed E-state index contributed by atoms with van der Waals surface area (Å²) in [4.78, 5) is 0. The highest BCUT2D eigenvalue weighted by Crippen LogP contribution is 2.37. The second kappa shape index (κ2) is 8.26. The van der Waals surface area contributed by atoms with Gasteiger partial charge < -0.3 is 4.74 Å². The number of hydrogen-bond donors (Lipinski definition) is 0. The molecule has 3 aromatic carbocycles. The molecule has 0 radical (unpaired) electrons. The fourth-order valence-corrected chi connectivity index (χ4v) is 4.08. The summed E-state index contributed by atoms with van der Waals surface area (Å²) in [6, 6.07) is 25.2. The third-order valence-corrected chi connectivity index (χ3v) is 5.79. The molecule has 1 heterocycles. The highest BCUT2D eigenvalue weighted by molar-refractivity contribution is 9.10. The normalized spacial score (nSPS) is 10.9. The zero-order chi connectivity index (χ0) is 20.4. The number of aromatic nitrogens is 2. The molecular formula is C25H23BrN2O. The van der Waals surface area contributed by atoms with Crippen molar-refractivity contribution in [3.63, 3.8) is 0 Å². The Kier molecular flexibility index (Phi) is 5.54. The van der Waals surface area contributed by atoms with Crippen molar-refractivity contribution in [1.82, 2.24) is 9.78 Å². The molecule has 29 heavy (non-hydrogen) atoms. The van der Waals surface area contributed by atoms with E-state index in [4.69, 9.17) is 9.84 Å². The van der Waals surface area contributed by atoms with Crippen molar-refractivity contribution >= 4 is 15.9 Å². The Labute approximate surface area is 180 Å². The molecule has 0 aliphatic heterocycles. The number of benzene rings is 3. The molecule has 0 aliphatic carbocycles. The van der Waals surface area contributed by atoms with E-state index in [1.807, 2.05) is 12.1 Å². The molecule has 0 atom stereocenters. The van der Waals surface area contributed by atoms with E-state index < -0.39 is 0 Å². The first-order valence-corrected chi connectivity index (χ1v) is 10.4. The van der Waals surface area contributed by atoms with Gasteiger partial charge in [-0.05, 0) is 47.5 Å². The topological polar surface area (TPSA) is 27.1 Å². The summed E-state index contributed by atoms with van der Waals surface area (Å²) in [5.41, 5.74) is 7.92. The second-order valence-corrected chi connectivity index (χ2v) is 8.04. The highest BCUT2D eigenvalue weighted by Gasteiger charge is 2.19. The third kappa shape index (κ3) is 4.13. The minimum Gasteiger partial charge on any atom is -0.497 e. The van der Waals surface area contributed by atoms with Gasteiger partial charge in [-0.25, -0.2) is 0 Å². The van der Waals surface area contributed by atoms with Crippen LogP contribution in [0.3, 0.4) is 0 Å². The molecule has 0 saturated carbocycles. The van der Waals surface area contributed by atoms with Gasteiger partial charge >= 0.3 is 0 Å². The SMILES string of the molecule is COc1ccc(Cn2nc(-c3ccc(C)cc3)c(Br)c2-c2ccc(C)cc2)cc1. The van der Waals surface area contributed by atoms with E-state index in [1.54, 1.807) is 7.11 Å². The molecule has 0 aliphatic rings. The Hall–Kier alpha value is -2.85. The average molecular weight is 447 g/mol. The number of nitrogens with zero attached hydrogens (tertiary/aromatic N) is 2. The summed E-state index contributed by atoms with van der Waals surface area (Å²) in [5, 5.41) is 4.98. The highest BCUT2D eigenvalue weighted by atomic mass is 79.9. The van der Waals surface area contributed by atoms with E-state index in [9.17, 15) is 0 Å². The molecule has 4 aromatic rings. The van der Waals surface area contributed by atoms with Crippen molar-refractivity contribution in [2.75, 3.05) is 7.11 Å². The Morgan fingerprint density at radius 2 is 1.34 bits per heavy atom. The molecular weight excluding hydrogens is 424 g/mol. The summed E-state index contributed by atoms with van der Waals surface area (Å²) in [7, 11) is 1.68. The van der Waals surface area contributed by atoms with Crippen LogP contribution < -0.4 is 4.74 Å². The van der Waals surface area contributed by atoms with Crippen LogP contribution in [0.2, 0.25) is 0 Å². The lowest BCUT2D eigenvalue weighted by Gasteiger charge is -2.09. The lowest BCUT2D eigenvalue weighted by molar-refractivity contribution is 0.414. The zero-order valence-electron chi connectivity index (χ0n) is 16.8. The van der Waals surface area contributed by atoms with Gasteiger partial charge in [-0.15, -0.1) is 0 Å². The molecule has 0 saturated heterocycles. The smallest absolute Gasteiger partial charge is 0.118 e. The molecule has 146 valence electrons. The molecule has 0 spiro atoms. The van der Waals surface area contributed by atoms with E-state index in [1.165, 1.54) is 16.7 Å². The lowest BCUT2D eigenvalue weighted by Crippen LogP contribution is -2.04. The van der Waals surface area contributed by atoms with Crippen LogP contribution in [-0.2, 0) is 6.54 Å². The number of aryl methyl sites for hydroxylation is 2. The van der Waals surface area contributed by atoms with Crippen molar-refractivity contribution in [3.8, 4) is 28.3 Å². The maximum atomic E-state index is 5.28. The summed E-state index contributed by atoms with van der Waals surface area (Å²) >= 11 is 3.85. The van der Waals surface area contributed by atoms with E-state index in [0.717, 1.165) is 32.7 Å². The predicted molar refractivity (Wildman–Crippen MR) is 122 cm³/mol. The van der Waals surface area contributed by atoms with E-state index in [0.29, 0.717) is 6.54 Å². The average Bonchev–Trinajstić information content (AvgIpc) is 3.06. The van der Waals surface area contributed by atoms with Gasteiger partial charge in [0.05, 0.1) is 23.8 Å². The van der Waals surface area contributed by atoms with Crippen molar-refractivity contribution in [3.05, 3.63) is 94.0 Å². The predicted octanol–water partition coefficient (Wildman–Crippen LogP) is 6.65. The number of rotatable bonds is 5. The summed E-state index contributed by atoms with van der Waals surface area (Å²) in [6.45, 7) is 4.88. The summed E-state index contributed by atoms with van der Waals surface area (Å²) in [5.74, 6) is 0.856. The maximum absolute atomic E-state index is 5.28. The first kappa shape index (κ1) is 19.5. The van der Waals surface area contributed by atoms with Crippen LogP contribution >= 0.6 is 15.9 Å². The van der Waals surface area contributed by atoms with Gasteiger partial charge in [0, 0.05) is 11.1 Å². The Balaban J connectivity index is 1.81. The van der Waals surface area contributed by atoms with Gasteiger partial charge in [0.15, 0.2) is 0 Å². The molecule has 1 aromatic heterocycles. The number of halogens is 1. The van der Waals surface area contributed by atoms with Crippen molar-refractivity contribution < 1.29 is 4.74 Å². The van der Waals surface area contributed by atoms with Crippen molar-refractivity contribution in [1.29, 1.82) is 0 Å². The summed E-state index contributed by atoms with van der Waals surface area (Å²) < 4.78 is 8.37. The molecule has 0 bridgehead atoms. The van der Waals surface area contributed by atoms with E-state index in [2.05, 4.69) is 95.1 Å². The molecule has 3 nitrogen and oxygen atoms in total. The minimum absolute atomic E-state index is 0.678. The quantitative estimate of drug-likeness (QED) is 0.342. The van der Waals surface area contributed by atoms with Crippen molar-refractivity contribution in [2.45, 2.75) is 20.4 Å². The number of hydrogen-bond acceptors (Lipinski definition) is 2. The first-order chi connectivity index (χ1) is 14.0. The Morgan fingerprint density at radius 3 is 1.90 bits per heavy atom. The van der Waals surface area contributed by atoms with E-state index in [-0.39, 0.29) is 0 Å². The van der Waals surface area contributed by atoms with Gasteiger partial charge in [-0.1, -0.05) is 71.8 Å². The second-order valence-electron chi connectivity index (χ2n) is 7.25. The zero-order valence-corrected chi connectivity index (χ0v) is 18.4. The third-order valence-electron chi connectivity index (χ3n) is 5.04. The minimum atomic E-state index is 0.678. The molecule has 4 rings (SSSR count). The maximum Gasteiger partial charge on any atom is 0.118 e. The van der Waals surface area contributed by atoms with Gasteiger partial charge in [0.1, 0.15) is 11.4 Å². The standard InChI is InChI=1S/C25H23BrN2O/c1-17-4-10-20(11-5-17)24-23(26)25(21-12-6-18(2)7-13-21)28(27-24)16-19-8-14-22(29-3)15-9-19/h4-15H,16H2,1-3H3.